The summed E-state index contributed by atoms with van der Waals surface area (Å²) < 4.78 is 6.07. The third-order valence-corrected chi connectivity index (χ3v) is 2.46. The molecular formula is C11H24O. The van der Waals surface area contributed by atoms with Gasteiger partial charge in [-0.1, -0.05) is 20.8 Å². The van der Waals surface area contributed by atoms with Gasteiger partial charge >= 0.3 is 0 Å². The van der Waals surface area contributed by atoms with E-state index in [1.165, 1.54) is 0 Å². The first-order valence-corrected chi connectivity index (χ1v) is 5.09. The molecule has 0 spiro atoms. The topological polar surface area (TPSA) is 9.23 Å². The molecule has 74 valence electrons. The fraction of sp³-hybridized carbons (Fsp3) is 1.00. The standard InChI is InChI=1S/C11H24O/c1-7-11(8-2,9-3)12-10(4,5)6/h7-9H2,1-6H3. The Morgan fingerprint density at radius 1 is 0.833 bits per heavy atom. The van der Waals surface area contributed by atoms with Gasteiger partial charge in [-0.2, -0.15) is 0 Å². The summed E-state index contributed by atoms with van der Waals surface area (Å²) in [6.07, 6.45) is 3.33. The molecule has 0 aromatic heterocycles. The quantitative estimate of drug-likeness (QED) is 0.627. The first kappa shape index (κ1) is 12.0. The first-order valence-electron chi connectivity index (χ1n) is 5.09. The Morgan fingerprint density at radius 2 is 1.17 bits per heavy atom. The van der Waals surface area contributed by atoms with Crippen molar-refractivity contribution in [3.63, 3.8) is 0 Å². The van der Waals surface area contributed by atoms with Crippen LogP contribution in [0.15, 0.2) is 0 Å². The molecule has 0 saturated carbocycles. The fourth-order valence-electron chi connectivity index (χ4n) is 1.62. The Labute approximate surface area is 77.5 Å². The highest BCUT2D eigenvalue weighted by molar-refractivity contribution is 4.79. The smallest absolute Gasteiger partial charge is 0.0681 e. The maximum Gasteiger partial charge on any atom is 0.0681 e. The molecule has 0 aliphatic rings. The van der Waals surface area contributed by atoms with E-state index in [0.29, 0.717) is 0 Å². The lowest BCUT2D eigenvalue weighted by atomic mass is 9.93. The fourth-order valence-corrected chi connectivity index (χ4v) is 1.62. The van der Waals surface area contributed by atoms with Gasteiger partial charge in [-0.25, -0.2) is 0 Å². The first-order chi connectivity index (χ1) is 5.39. The van der Waals surface area contributed by atoms with Crippen LogP contribution in [0.25, 0.3) is 0 Å². The molecule has 1 nitrogen and oxygen atoms in total. The van der Waals surface area contributed by atoms with E-state index in [4.69, 9.17) is 4.74 Å². The third kappa shape index (κ3) is 3.57. The Kier molecular flexibility index (Phi) is 4.25. The van der Waals surface area contributed by atoms with Gasteiger partial charge in [0.05, 0.1) is 11.2 Å². The lowest BCUT2D eigenvalue weighted by Gasteiger charge is -2.37. The highest BCUT2D eigenvalue weighted by Gasteiger charge is 2.29. The second-order valence-electron chi connectivity index (χ2n) is 4.46. The van der Waals surface area contributed by atoms with Crippen LogP contribution in [0.3, 0.4) is 0 Å². The highest BCUT2D eigenvalue weighted by Crippen LogP contribution is 2.29. The van der Waals surface area contributed by atoms with Crippen molar-refractivity contribution in [2.45, 2.75) is 72.0 Å². The normalized spacial score (nSPS) is 13.5. The van der Waals surface area contributed by atoms with E-state index >= 15 is 0 Å². The summed E-state index contributed by atoms with van der Waals surface area (Å²) in [6.45, 7) is 13.0. The van der Waals surface area contributed by atoms with Crippen molar-refractivity contribution in [2.75, 3.05) is 0 Å². The van der Waals surface area contributed by atoms with Crippen molar-refractivity contribution < 1.29 is 4.74 Å². The Morgan fingerprint density at radius 3 is 1.25 bits per heavy atom. The number of ether oxygens (including phenoxy) is 1. The Hall–Kier alpha value is -0.0400. The summed E-state index contributed by atoms with van der Waals surface area (Å²) in [7, 11) is 0. The minimum Gasteiger partial charge on any atom is -0.369 e. The van der Waals surface area contributed by atoms with E-state index in [0.717, 1.165) is 19.3 Å². The van der Waals surface area contributed by atoms with Crippen LogP contribution in [0, 0.1) is 0 Å². The molecule has 12 heavy (non-hydrogen) atoms. The molecule has 0 rings (SSSR count). The summed E-state index contributed by atoms with van der Waals surface area (Å²) in [4.78, 5) is 0. The molecule has 0 heterocycles. The van der Waals surface area contributed by atoms with E-state index in [1.54, 1.807) is 0 Å². The van der Waals surface area contributed by atoms with Crippen molar-refractivity contribution in [1.29, 1.82) is 0 Å². The lowest BCUT2D eigenvalue weighted by Crippen LogP contribution is -2.38. The van der Waals surface area contributed by atoms with Gasteiger partial charge in [0.15, 0.2) is 0 Å². The second kappa shape index (κ2) is 4.27. The average molecular weight is 172 g/mol. The predicted molar refractivity (Wildman–Crippen MR) is 54.4 cm³/mol. The highest BCUT2D eigenvalue weighted by atomic mass is 16.5. The second-order valence-corrected chi connectivity index (χ2v) is 4.46. The minimum atomic E-state index is -0.0119. The predicted octanol–water partition coefficient (Wildman–Crippen LogP) is 3.77. The van der Waals surface area contributed by atoms with Crippen LogP contribution in [-0.2, 0) is 4.74 Å². The average Bonchev–Trinajstić information content (AvgIpc) is 1.99. The monoisotopic (exact) mass is 172 g/mol. The molecule has 0 saturated heterocycles. The van der Waals surface area contributed by atoms with Crippen molar-refractivity contribution in [2.24, 2.45) is 0 Å². The Balaban J connectivity index is 4.30. The van der Waals surface area contributed by atoms with E-state index < -0.39 is 0 Å². The van der Waals surface area contributed by atoms with Crippen molar-refractivity contribution in [3.05, 3.63) is 0 Å². The van der Waals surface area contributed by atoms with Crippen LogP contribution >= 0.6 is 0 Å². The summed E-state index contributed by atoms with van der Waals surface area (Å²) in [6, 6.07) is 0. The molecule has 0 aliphatic heterocycles. The maximum atomic E-state index is 6.07. The number of rotatable bonds is 4. The number of hydrogen-bond acceptors (Lipinski definition) is 1. The van der Waals surface area contributed by atoms with Crippen LogP contribution in [0.2, 0.25) is 0 Å². The van der Waals surface area contributed by atoms with E-state index in [2.05, 4.69) is 41.5 Å². The Bertz CT molecular complexity index is 109. The van der Waals surface area contributed by atoms with Crippen LogP contribution in [0.1, 0.15) is 60.8 Å². The molecule has 0 fully saturated rings. The summed E-state index contributed by atoms with van der Waals surface area (Å²) in [5.74, 6) is 0. The van der Waals surface area contributed by atoms with Crippen LogP contribution < -0.4 is 0 Å². The molecule has 1 heteroatoms. The molecular weight excluding hydrogens is 148 g/mol. The van der Waals surface area contributed by atoms with Gasteiger partial charge in [-0.3, -0.25) is 0 Å². The van der Waals surface area contributed by atoms with Crippen LogP contribution in [-0.4, -0.2) is 11.2 Å². The molecule has 0 radical (unpaired) electrons. The summed E-state index contributed by atoms with van der Waals surface area (Å²) in [5, 5.41) is 0. The van der Waals surface area contributed by atoms with Gasteiger partial charge in [-0.15, -0.1) is 0 Å². The molecule has 0 N–H and O–H groups in total. The molecule has 0 aliphatic carbocycles. The van der Waals surface area contributed by atoms with Crippen molar-refractivity contribution in [1.82, 2.24) is 0 Å². The molecule has 0 aromatic carbocycles. The van der Waals surface area contributed by atoms with Crippen molar-refractivity contribution >= 4 is 0 Å². The molecule has 0 aromatic rings. The van der Waals surface area contributed by atoms with Gasteiger partial charge in [0, 0.05) is 0 Å². The van der Waals surface area contributed by atoms with E-state index in [1.807, 2.05) is 0 Å². The number of hydrogen-bond donors (Lipinski definition) is 0. The van der Waals surface area contributed by atoms with Gasteiger partial charge in [0.2, 0.25) is 0 Å². The van der Waals surface area contributed by atoms with E-state index in [-0.39, 0.29) is 11.2 Å². The summed E-state index contributed by atoms with van der Waals surface area (Å²) in [5.41, 5.74) is 0.0975. The zero-order valence-electron chi connectivity index (χ0n) is 9.53. The lowest BCUT2D eigenvalue weighted by molar-refractivity contribution is -0.137. The molecule has 0 atom stereocenters. The van der Waals surface area contributed by atoms with Crippen molar-refractivity contribution in [3.8, 4) is 0 Å². The minimum absolute atomic E-state index is 0.0119. The maximum absolute atomic E-state index is 6.07. The summed E-state index contributed by atoms with van der Waals surface area (Å²) >= 11 is 0. The zero-order valence-corrected chi connectivity index (χ0v) is 9.53. The van der Waals surface area contributed by atoms with E-state index in [9.17, 15) is 0 Å². The van der Waals surface area contributed by atoms with Crippen LogP contribution in [0.5, 0.6) is 0 Å². The SMILES string of the molecule is CCC(CC)(CC)OC(C)(C)C. The van der Waals surface area contributed by atoms with Gasteiger partial charge < -0.3 is 4.74 Å². The van der Waals surface area contributed by atoms with Gasteiger partial charge in [0.1, 0.15) is 0 Å². The van der Waals surface area contributed by atoms with Crippen LogP contribution in [0.4, 0.5) is 0 Å². The zero-order chi connectivity index (χ0) is 9.83. The molecule has 0 bridgehead atoms. The molecule has 0 unspecified atom stereocenters. The third-order valence-electron chi connectivity index (χ3n) is 2.46. The largest absolute Gasteiger partial charge is 0.369 e. The molecule has 0 amide bonds. The van der Waals surface area contributed by atoms with Gasteiger partial charge in [0.25, 0.3) is 0 Å². The van der Waals surface area contributed by atoms with Gasteiger partial charge in [-0.05, 0) is 40.0 Å².